The van der Waals surface area contributed by atoms with Gasteiger partial charge >= 0.3 is 7.12 Å². The highest BCUT2D eigenvalue weighted by atomic mass is 16.7. The number of hydrogen-bond acceptors (Lipinski definition) is 9. The molecule has 1 aliphatic heterocycles. The summed E-state index contributed by atoms with van der Waals surface area (Å²) in [6, 6.07) is 18.9. The average Bonchev–Trinajstić information content (AvgIpc) is 3.56. The van der Waals surface area contributed by atoms with Crippen LogP contribution in [-0.4, -0.2) is 70.0 Å². The number of amides is 2. The van der Waals surface area contributed by atoms with Crippen molar-refractivity contribution in [2.75, 3.05) is 21.3 Å². The van der Waals surface area contributed by atoms with Crippen LogP contribution in [0.15, 0.2) is 79.0 Å². The SMILES string of the molecule is C=C(N[C@@H](CC(C)C)B1O[C@@H]2C[C@@H]3C[C@@H](C3(C)C)[C@]2(C)O1)[C@@H](NC(=O)[C@H](Cc1ccc(OC)c(OC)c1OC)NC(=O)Cc1cccc(Oc2ccccc2)c1)C(C)C. The molecule has 318 valence electrons. The number of carbonyl (C=O) groups excluding carboxylic acids is 2. The molecule has 7 rings (SSSR count). The fourth-order valence-electron chi connectivity index (χ4n) is 9.58. The summed E-state index contributed by atoms with van der Waals surface area (Å²) < 4.78 is 36.6. The van der Waals surface area contributed by atoms with E-state index in [2.05, 4.69) is 57.1 Å². The molecule has 3 aromatic carbocycles. The monoisotopic (exact) mass is 809 g/mol. The van der Waals surface area contributed by atoms with E-state index in [9.17, 15) is 9.59 Å². The van der Waals surface area contributed by atoms with Gasteiger partial charge in [0.1, 0.15) is 17.5 Å². The highest BCUT2D eigenvalue weighted by Crippen LogP contribution is 2.65. The summed E-state index contributed by atoms with van der Waals surface area (Å²) >= 11 is 0. The minimum atomic E-state index is -0.988. The Kier molecular flexibility index (Phi) is 13.6. The van der Waals surface area contributed by atoms with Crippen molar-refractivity contribution in [2.45, 2.75) is 110 Å². The van der Waals surface area contributed by atoms with E-state index in [1.165, 1.54) is 20.6 Å². The molecule has 7 atom stereocenters. The number of ether oxygens (including phenoxy) is 4. The molecule has 0 spiro atoms. The number of benzene rings is 3. The Hall–Kier alpha value is -4.68. The summed E-state index contributed by atoms with van der Waals surface area (Å²) in [7, 11) is 4.16. The van der Waals surface area contributed by atoms with Crippen LogP contribution in [0.3, 0.4) is 0 Å². The molecule has 3 aromatic rings. The van der Waals surface area contributed by atoms with Crippen molar-refractivity contribution in [1.82, 2.24) is 16.0 Å². The highest BCUT2D eigenvalue weighted by Gasteiger charge is 2.68. The molecule has 59 heavy (non-hydrogen) atoms. The van der Waals surface area contributed by atoms with Crippen molar-refractivity contribution in [3.05, 3.63) is 90.1 Å². The van der Waals surface area contributed by atoms with Gasteiger partial charge in [0, 0.05) is 17.7 Å². The van der Waals surface area contributed by atoms with E-state index in [0.717, 1.165) is 18.4 Å². The van der Waals surface area contributed by atoms with Crippen LogP contribution < -0.4 is 34.9 Å². The van der Waals surface area contributed by atoms with Crippen molar-refractivity contribution >= 4 is 18.9 Å². The van der Waals surface area contributed by atoms with Crippen LogP contribution in [0.2, 0.25) is 0 Å². The molecule has 2 amide bonds. The molecule has 3 aliphatic carbocycles. The third kappa shape index (κ3) is 9.54. The van der Waals surface area contributed by atoms with E-state index in [4.69, 9.17) is 28.3 Å². The lowest BCUT2D eigenvalue weighted by Gasteiger charge is -2.64. The summed E-state index contributed by atoms with van der Waals surface area (Å²) in [6.07, 6.45) is 3.15. The fourth-order valence-corrected chi connectivity index (χ4v) is 9.58. The first-order valence-electron chi connectivity index (χ1n) is 21.1. The number of carbonyl (C=O) groups is 2. The van der Waals surface area contributed by atoms with Crippen molar-refractivity contribution in [3.8, 4) is 28.7 Å². The second kappa shape index (κ2) is 18.3. The van der Waals surface area contributed by atoms with E-state index in [0.29, 0.717) is 57.8 Å². The van der Waals surface area contributed by atoms with Gasteiger partial charge in [0.25, 0.3) is 0 Å². The summed E-state index contributed by atoms with van der Waals surface area (Å²) in [5, 5.41) is 9.96. The van der Waals surface area contributed by atoms with Gasteiger partial charge in [-0.2, -0.15) is 0 Å². The van der Waals surface area contributed by atoms with E-state index < -0.39 is 19.2 Å². The van der Waals surface area contributed by atoms with Gasteiger partial charge in [-0.1, -0.05) is 84.5 Å². The summed E-state index contributed by atoms with van der Waals surface area (Å²) in [5.74, 6) is 3.10. The van der Waals surface area contributed by atoms with E-state index in [-0.39, 0.29) is 53.6 Å². The van der Waals surface area contributed by atoms with Crippen LogP contribution in [0, 0.1) is 29.1 Å². The maximum Gasteiger partial charge on any atom is 0.481 e. The predicted octanol–water partition coefficient (Wildman–Crippen LogP) is 7.70. The first-order valence-corrected chi connectivity index (χ1v) is 21.1. The van der Waals surface area contributed by atoms with E-state index >= 15 is 0 Å². The number of methoxy groups -OCH3 is 3. The first-order chi connectivity index (χ1) is 28.1. The third-order valence-electron chi connectivity index (χ3n) is 12.8. The third-order valence-corrected chi connectivity index (χ3v) is 12.8. The Morgan fingerprint density at radius 1 is 0.864 bits per heavy atom. The Morgan fingerprint density at radius 3 is 2.22 bits per heavy atom. The lowest BCUT2D eigenvalue weighted by atomic mass is 9.43. The van der Waals surface area contributed by atoms with Crippen LogP contribution in [0.4, 0.5) is 0 Å². The summed E-state index contributed by atoms with van der Waals surface area (Å²) in [6.45, 7) is 19.9. The maximum absolute atomic E-state index is 14.6. The fraction of sp³-hybridized carbons (Fsp3) is 0.532. The standard InChI is InChI=1S/C47H64BN3O8/c1-28(2)22-40(48-58-39-27-33-26-38(46(33,6)7)47(39,8)59-48)49-30(5)42(29(3)4)51-45(53)36(25-32-20-21-37(54-9)44(56-11)43(32)55-10)50-41(52)24-31-16-15-19-35(23-31)57-34-17-13-12-14-18-34/h12-21,23,28-29,33,36,38-40,42,49H,5,22,24-27H2,1-4,6-11H3,(H,50,52)(H,51,53)/t33-,36-,38-,39+,40-,42-,47-/m0/s1. The average molecular weight is 810 g/mol. The lowest BCUT2D eigenvalue weighted by molar-refractivity contribution is -0.199. The van der Waals surface area contributed by atoms with Gasteiger partial charge in [0.15, 0.2) is 11.5 Å². The van der Waals surface area contributed by atoms with Crippen molar-refractivity contribution in [3.63, 3.8) is 0 Å². The molecule has 0 aromatic heterocycles. The second-order valence-corrected chi connectivity index (χ2v) is 18.0. The van der Waals surface area contributed by atoms with Crippen LogP contribution >= 0.6 is 0 Å². The van der Waals surface area contributed by atoms with Crippen molar-refractivity contribution < 1.29 is 37.8 Å². The molecule has 1 heterocycles. The Balaban J connectivity index is 1.21. The zero-order chi connectivity index (χ0) is 42.6. The largest absolute Gasteiger partial charge is 0.493 e. The molecule has 12 heteroatoms. The molecule has 11 nitrogen and oxygen atoms in total. The zero-order valence-electron chi connectivity index (χ0n) is 36.6. The zero-order valence-corrected chi connectivity index (χ0v) is 36.6. The summed E-state index contributed by atoms with van der Waals surface area (Å²) in [5.41, 5.74) is 1.93. The smallest absolute Gasteiger partial charge is 0.481 e. The number of para-hydroxylation sites is 1. The lowest BCUT2D eigenvalue weighted by Crippen LogP contribution is -2.65. The maximum atomic E-state index is 14.6. The first kappa shape index (κ1) is 43.9. The van der Waals surface area contributed by atoms with Crippen LogP contribution in [0.1, 0.15) is 78.9 Å². The minimum absolute atomic E-state index is 0.0255. The quantitative estimate of drug-likeness (QED) is 0.105. The van der Waals surface area contributed by atoms with Gasteiger partial charge < -0.3 is 44.2 Å². The van der Waals surface area contributed by atoms with Crippen molar-refractivity contribution in [2.24, 2.45) is 29.1 Å². The molecular weight excluding hydrogens is 745 g/mol. The van der Waals surface area contributed by atoms with E-state index in [1.807, 2.05) is 74.5 Å². The van der Waals surface area contributed by atoms with Crippen LogP contribution in [-0.2, 0) is 31.7 Å². The topological polar surface area (TPSA) is 126 Å². The normalized spacial score (nSPS) is 23.0. The van der Waals surface area contributed by atoms with Gasteiger partial charge in [-0.25, -0.2) is 0 Å². The summed E-state index contributed by atoms with van der Waals surface area (Å²) in [4.78, 5) is 28.4. The molecule has 4 fully saturated rings. The Morgan fingerprint density at radius 2 is 1.58 bits per heavy atom. The molecular formula is C47H64BN3O8. The molecule has 4 aliphatic rings. The molecule has 0 radical (unpaired) electrons. The minimum Gasteiger partial charge on any atom is -0.493 e. The molecule has 2 bridgehead atoms. The van der Waals surface area contributed by atoms with Gasteiger partial charge in [0.05, 0.1) is 51.4 Å². The van der Waals surface area contributed by atoms with Gasteiger partial charge in [-0.15, -0.1) is 0 Å². The Labute approximate surface area is 351 Å². The molecule has 1 saturated heterocycles. The van der Waals surface area contributed by atoms with E-state index in [1.54, 1.807) is 13.2 Å². The molecule has 3 N–H and O–H groups in total. The number of nitrogens with one attached hydrogen (secondary N) is 3. The molecule has 0 unspecified atom stereocenters. The van der Waals surface area contributed by atoms with Gasteiger partial charge in [0.2, 0.25) is 17.6 Å². The van der Waals surface area contributed by atoms with Crippen LogP contribution in [0.25, 0.3) is 0 Å². The van der Waals surface area contributed by atoms with Crippen LogP contribution in [0.5, 0.6) is 28.7 Å². The number of rotatable bonds is 19. The molecule has 3 saturated carbocycles. The number of hydrogen-bond donors (Lipinski definition) is 3. The van der Waals surface area contributed by atoms with Gasteiger partial charge in [-0.3, -0.25) is 9.59 Å². The highest BCUT2D eigenvalue weighted by molar-refractivity contribution is 6.47. The second-order valence-electron chi connectivity index (χ2n) is 18.0. The van der Waals surface area contributed by atoms with Crippen molar-refractivity contribution in [1.29, 1.82) is 0 Å². The predicted molar refractivity (Wildman–Crippen MR) is 231 cm³/mol. The van der Waals surface area contributed by atoms with Gasteiger partial charge in [-0.05, 0) is 91.2 Å². The Bertz CT molecular complexity index is 1960.